The van der Waals surface area contributed by atoms with Crippen molar-refractivity contribution < 1.29 is 29.3 Å². The highest BCUT2D eigenvalue weighted by Crippen LogP contribution is 2.41. The number of ether oxygens (including phenoxy) is 2. The molecule has 234 valence electrons. The number of phenolic OH excluding ortho intramolecular Hbond substituents is 2. The first-order chi connectivity index (χ1) is 21.4. The molecule has 8 heteroatoms. The Hall–Kier alpha value is -4.46. The molecule has 0 atom stereocenters. The van der Waals surface area contributed by atoms with Crippen molar-refractivity contribution in [3.8, 4) is 23.0 Å². The van der Waals surface area contributed by atoms with Gasteiger partial charge in [-0.15, -0.1) is 0 Å². The molecule has 8 nitrogen and oxygen atoms in total. The number of Topliss-reactive ketones (excluding diaryl/α,β-unsaturated/α-hetero) is 1. The van der Waals surface area contributed by atoms with Gasteiger partial charge in [0.2, 0.25) is 5.78 Å². The van der Waals surface area contributed by atoms with Crippen LogP contribution in [0.2, 0.25) is 0 Å². The van der Waals surface area contributed by atoms with Gasteiger partial charge in [-0.1, -0.05) is 65.2 Å². The van der Waals surface area contributed by atoms with E-state index in [0.717, 1.165) is 43.3 Å². The molecule has 0 saturated carbocycles. The first-order valence-corrected chi connectivity index (χ1v) is 15.8. The number of carbonyl (C=O) groups excluding carboxylic acids is 2. The molecule has 4 rings (SSSR count). The summed E-state index contributed by atoms with van der Waals surface area (Å²) in [5, 5.41) is 27.8. The third kappa shape index (κ3) is 8.78. The molecule has 0 spiro atoms. The Balaban J connectivity index is 1.37. The lowest BCUT2D eigenvalue weighted by molar-refractivity contribution is 0.0980. The Morgan fingerprint density at radius 3 is 1.66 bits per heavy atom. The Morgan fingerprint density at radius 2 is 1.14 bits per heavy atom. The number of phenols is 2. The van der Waals surface area contributed by atoms with Crippen molar-refractivity contribution in [2.75, 3.05) is 23.8 Å². The van der Waals surface area contributed by atoms with Crippen molar-refractivity contribution in [3.63, 3.8) is 0 Å². The van der Waals surface area contributed by atoms with Gasteiger partial charge in [0.15, 0.2) is 11.5 Å². The number of allylic oxidation sites excluding steroid dienone is 2. The summed E-state index contributed by atoms with van der Waals surface area (Å²) < 4.78 is 11.6. The Kier molecular flexibility index (Phi) is 12.1. The van der Waals surface area contributed by atoms with Crippen LogP contribution in [-0.2, 0) is 0 Å². The van der Waals surface area contributed by atoms with Crippen LogP contribution in [0.15, 0.2) is 66.4 Å². The molecule has 44 heavy (non-hydrogen) atoms. The van der Waals surface area contributed by atoms with Gasteiger partial charge in [0.25, 0.3) is 0 Å². The van der Waals surface area contributed by atoms with Gasteiger partial charge < -0.3 is 30.3 Å². The number of fused-ring (bicyclic) bond motifs is 1. The summed E-state index contributed by atoms with van der Waals surface area (Å²) in [7, 11) is 0. The zero-order valence-electron chi connectivity index (χ0n) is 25.8. The van der Waals surface area contributed by atoms with E-state index in [2.05, 4.69) is 24.5 Å². The zero-order chi connectivity index (χ0) is 31.3. The summed E-state index contributed by atoms with van der Waals surface area (Å²) in [5.41, 5.74) is 0.831. The summed E-state index contributed by atoms with van der Waals surface area (Å²) in [6.07, 6.45) is 12.7. The third-order valence-corrected chi connectivity index (χ3v) is 7.57. The van der Waals surface area contributed by atoms with Gasteiger partial charge in [0.05, 0.1) is 35.7 Å². The average molecular weight is 601 g/mol. The van der Waals surface area contributed by atoms with E-state index in [1.807, 2.05) is 12.1 Å². The second-order valence-electron chi connectivity index (χ2n) is 11.1. The van der Waals surface area contributed by atoms with Crippen LogP contribution in [0.25, 0.3) is 0 Å². The standard InChI is InChI=1S/C36H44N2O6/c1-3-5-7-9-11-21-43-27-17-13-25(14-18-27)37-29-23-31(39)34-33(35(29)41)32(40)24-30(36(34)42)38-26-15-19-28(20-16-26)44-22-12-10-8-6-4-2/h13-20,23-24,37-39,41H,3-12,21-22H2,1-2H3. The van der Waals surface area contributed by atoms with Crippen molar-refractivity contribution in [2.45, 2.75) is 78.1 Å². The highest BCUT2D eigenvalue weighted by atomic mass is 16.5. The molecule has 0 aromatic heterocycles. The number of rotatable bonds is 18. The summed E-state index contributed by atoms with van der Waals surface area (Å²) >= 11 is 0. The SMILES string of the molecule is CCCCCCCOc1ccc(NC2=CC(=O)c3c(O)c(Nc4ccc(OCCCCCCC)cc4)cc(O)c3C2=O)cc1. The van der Waals surface area contributed by atoms with Crippen LogP contribution in [0.5, 0.6) is 23.0 Å². The maximum atomic E-state index is 13.3. The normalized spacial score (nSPS) is 12.5. The van der Waals surface area contributed by atoms with Crippen molar-refractivity contribution in [3.05, 3.63) is 77.5 Å². The fourth-order valence-electron chi connectivity index (χ4n) is 5.09. The van der Waals surface area contributed by atoms with Crippen LogP contribution in [0.4, 0.5) is 17.1 Å². The maximum absolute atomic E-state index is 13.3. The van der Waals surface area contributed by atoms with E-state index in [-0.39, 0.29) is 22.5 Å². The van der Waals surface area contributed by atoms with E-state index >= 15 is 0 Å². The molecule has 1 aliphatic rings. The van der Waals surface area contributed by atoms with Crippen LogP contribution in [-0.4, -0.2) is 35.0 Å². The maximum Gasteiger partial charge on any atom is 0.213 e. The number of nitrogens with one attached hydrogen (secondary N) is 2. The van der Waals surface area contributed by atoms with Gasteiger partial charge in [-0.05, 0) is 61.4 Å². The molecule has 0 bridgehead atoms. The molecule has 0 aliphatic heterocycles. The lowest BCUT2D eigenvalue weighted by Crippen LogP contribution is -2.22. The van der Waals surface area contributed by atoms with Crippen LogP contribution in [0, 0.1) is 0 Å². The molecule has 0 fully saturated rings. The fourth-order valence-corrected chi connectivity index (χ4v) is 5.09. The predicted molar refractivity (Wildman–Crippen MR) is 175 cm³/mol. The molecule has 3 aromatic carbocycles. The quantitative estimate of drug-likeness (QED) is 0.0650. The first kappa shape index (κ1) is 32.5. The molecule has 0 radical (unpaired) electrons. The van der Waals surface area contributed by atoms with E-state index in [0.29, 0.717) is 24.6 Å². The van der Waals surface area contributed by atoms with Gasteiger partial charge in [0.1, 0.15) is 17.2 Å². The van der Waals surface area contributed by atoms with Crippen molar-refractivity contribution in [2.24, 2.45) is 0 Å². The van der Waals surface area contributed by atoms with Crippen LogP contribution in [0.1, 0.15) is 98.8 Å². The highest BCUT2D eigenvalue weighted by molar-refractivity contribution is 6.28. The minimum atomic E-state index is -0.595. The molecular weight excluding hydrogens is 556 g/mol. The second kappa shape index (κ2) is 16.4. The Morgan fingerprint density at radius 1 is 0.636 bits per heavy atom. The molecule has 0 unspecified atom stereocenters. The Labute approximate surface area is 260 Å². The molecule has 3 aromatic rings. The number of hydrogen-bond donors (Lipinski definition) is 4. The number of benzene rings is 3. The molecule has 4 N–H and O–H groups in total. The zero-order valence-corrected chi connectivity index (χ0v) is 25.8. The van der Waals surface area contributed by atoms with E-state index in [4.69, 9.17) is 9.47 Å². The number of anilines is 3. The van der Waals surface area contributed by atoms with E-state index in [9.17, 15) is 19.8 Å². The lowest BCUT2D eigenvalue weighted by Gasteiger charge is -2.21. The Bertz CT molecular complexity index is 1430. The smallest absolute Gasteiger partial charge is 0.213 e. The van der Waals surface area contributed by atoms with E-state index < -0.39 is 23.1 Å². The molecule has 0 saturated heterocycles. The summed E-state index contributed by atoms with van der Waals surface area (Å²) in [5.74, 6) is -0.549. The molecular formula is C36H44N2O6. The molecule has 0 heterocycles. The van der Waals surface area contributed by atoms with Gasteiger partial charge in [-0.3, -0.25) is 9.59 Å². The predicted octanol–water partition coefficient (Wildman–Crippen LogP) is 8.91. The van der Waals surface area contributed by atoms with Crippen LogP contribution >= 0.6 is 0 Å². The van der Waals surface area contributed by atoms with E-state index in [1.165, 1.54) is 44.6 Å². The minimum absolute atomic E-state index is 0.00320. The van der Waals surface area contributed by atoms with Crippen molar-refractivity contribution in [1.29, 1.82) is 0 Å². The summed E-state index contributed by atoms with van der Waals surface area (Å²) in [4.78, 5) is 26.4. The summed E-state index contributed by atoms with van der Waals surface area (Å²) in [6.45, 7) is 5.67. The molecule has 1 aliphatic carbocycles. The lowest BCUT2D eigenvalue weighted by atomic mass is 9.90. The topological polar surface area (TPSA) is 117 Å². The van der Waals surface area contributed by atoms with Gasteiger partial charge in [-0.2, -0.15) is 0 Å². The fraction of sp³-hybridized carbons (Fsp3) is 0.389. The van der Waals surface area contributed by atoms with Gasteiger partial charge in [-0.25, -0.2) is 0 Å². The highest BCUT2D eigenvalue weighted by Gasteiger charge is 2.33. The summed E-state index contributed by atoms with van der Waals surface area (Å²) in [6, 6.07) is 15.5. The van der Waals surface area contributed by atoms with Crippen LogP contribution in [0.3, 0.4) is 0 Å². The number of aromatic hydroxyl groups is 2. The number of hydrogen-bond acceptors (Lipinski definition) is 8. The number of unbranched alkanes of at least 4 members (excludes halogenated alkanes) is 8. The van der Waals surface area contributed by atoms with Gasteiger partial charge >= 0.3 is 0 Å². The molecule has 0 amide bonds. The average Bonchev–Trinajstić information content (AvgIpc) is 3.02. The third-order valence-electron chi connectivity index (χ3n) is 7.57. The van der Waals surface area contributed by atoms with Crippen molar-refractivity contribution in [1.82, 2.24) is 0 Å². The largest absolute Gasteiger partial charge is 0.507 e. The van der Waals surface area contributed by atoms with Crippen LogP contribution < -0.4 is 20.1 Å². The number of carbonyl (C=O) groups is 2. The van der Waals surface area contributed by atoms with E-state index in [1.54, 1.807) is 36.4 Å². The first-order valence-electron chi connectivity index (χ1n) is 15.8. The number of ketones is 2. The monoisotopic (exact) mass is 600 g/mol. The van der Waals surface area contributed by atoms with Crippen molar-refractivity contribution >= 4 is 28.6 Å². The second-order valence-corrected chi connectivity index (χ2v) is 11.1. The minimum Gasteiger partial charge on any atom is -0.507 e. The van der Waals surface area contributed by atoms with Gasteiger partial charge in [0, 0.05) is 23.5 Å².